The quantitative estimate of drug-likeness (QED) is 0.0861. The van der Waals surface area contributed by atoms with Crippen LogP contribution < -0.4 is 25.7 Å². The van der Waals surface area contributed by atoms with E-state index < -0.39 is 11.9 Å². The maximum absolute atomic E-state index is 14.3. The van der Waals surface area contributed by atoms with Crippen LogP contribution >= 0.6 is 0 Å². The van der Waals surface area contributed by atoms with Gasteiger partial charge in [-0.05, 0) is 82.8 Å². The summed E-state index contributed by atoms with van der Waals surface area (Å²) >= 11 is 0. The number of nitrogens with zero attached hydrogens (tertiary/aromatic N) is 4. The molecule has 3 aromatic heterocycles. The van der Waals surface area contributed by atoms with Gasteiger partial charge in [-0.2, -0.15) is 11.4 Å². The van der Waals surface area contributed by atoms with E-state index in [1.165, 1.54) is 12.7 Å². The molecule has 9 nitrogen and oxygen atoms in total. The van der Waals surface area contributed by atoms with Crippen LogP contribution in [-0.2, 0) is 25.5 Å². The zero-order valence-electron chi connectivity index (χ0n) is 33.9. The van der Waals surface area contributed by atoms with E-state index in [4.69, 9.17) is 29.7 Å². The van der Waals surface area contributed by atoms with Crippen molar-refractivity contribution in [2.75, 3.05) is 13.7 Å². The number of aromatic nitrogens is 3. The molecule has 1 fully saturated rings. The molecule has 1 saturated heterocycles. The Morgan fingerprint density at radius 1 is 0.964 bits per heavy atom. The predicted octanol–water partition coefficient (Wildman–Crippen LogP) is 6.75. The second kappa shape index (κ2) is 17.2. The molecule has 0 amide bonds. The van der Waals surface area contributed by atoms with Crippen LogP contribution in [0.3, 0.4) is 0 Å². The Labute approximate surface area is 341 Å². The van der Waals surface area contributed by atoms with Gasteiger partial charge < -0.3 is 29.7 Å². The second-order valence-corrected chi connectivity index (χ2v) is 15.4. The summed E-state index contributed by atoms with van der Waals surface area (Å²) in [6.45, 7) is 20.9. The Bertz CT molecular complexity index is 2240. The first-order chi connectivity index (χ1) is 25.8. The maximum Gasteiger partial charge on any atom is 2.00 e. The number of carbonyl (C=O) groups is 3. The van der Waals surface area contributed by atoms with Crippen LogP contribution in [0, 0.1) is 44.4 Å². The molecule has 3 atom stereocenters. The molecule has 0 spiro atoms. The van der Waals surface area contributed by atoms with Gasteiger partial charge in [-0.1, -0.05) is 98.4 Å². The van der Waals surface area contributed by atoms with Crippen LogP contribution in [0.1, 0.15) is 128 Å². The monoisotopic (exact) mass is 752 g/mol. The minimum atomic E-state index is -1.22. The maximum atomic E-state index is 14.3. The molecule has 3 aliphatic rings. The van der Waals surface area contributed by atoms with Crippen LogP contribution in [0.5, 0.6) is 0 Å². The number of Topliss-reactive ketones (excluding diaryl/α,β-unsaturated/α-hetero) is 1. The Hall–Kier alpha value is -4.28. The van der Waals surface area contributed by atoms with Crippen molar-refractivity contribution < 1.29 is 23.9 Å². The van der Waals surface area contributed by atoms with E-state index in [-0.39, 0.29) is 59.7 Å². The third-order valence-corrected chi connectivity index (χ3v) is 11.4. The van der Waals surface area contributed by atoms with E-state index in [1.807, 2.05) is 44.2 Å². The molecule has 3 aromatic rings. The molecule has 0 unspecified atom stereocenters. The van der Waals surface area contributed by atoms with E-state index in [9.17, 15) is 14.4 Å². The zero-order valence-corrected chi connectivity index (χ0v) is 35.3. The molecule has 55 heavy (non-hydrogen) atoms. The smallest absolute Gasteiger partial charge is 0.664 e. The fourth-order valence-corrected chi connectivity index (χ4v) is 8.16. The van der Waals surface area contributed by atoms with Crippen molar-refractivity contribution >= 4 is 70.7 Å². The van der Waals surface area contributed by atoms with E-state index in [0.717, 1.165) is 75.7 Å². The van der Waals surface area contributed by atoms with Gasteiger partial charge in [0, 0.05) is 12.0 Å². The number of methoxy groups -OCH3 is 1. The van der Waals surface area contributed by atoms with Gasteiger partial charge in [-0.3, -0.25) is 14.4 Å². The molecule has 0 saturated carbocycles. The molecule has 0 aromatic carbocycles. The number of allylic oxidation sites excluding steroid dienone is 3. The molecule has 286 valence electrons. The number of ketones is 1. The van der Waals surface area contributed by atoms with E-state index in [0.29, 0.717) is 46.1 Å². The van der Waals surface area contributed by atoms with Crippen LogP contribution in [-0.4, -0.2) is 54.5 Å². The first-order valence-electron chi connectivity index (χ1n) is 19.2. The van der Waals surface area contributed by atoms with Gasteiger partial charge in [0.25, 0.3) is 0 Å². The number of ether oxygens (including phenoxy) is 2. The summed E-state index contributed by atoms with van der Waals surface area (Å²) < 4.78 is 10.9. The van der Waals surface area contributed by atoms with Crippen molar-refractivity contribution in [1.29, 1.82) is 0 Å². The van der Waals surface area contributed by atoms with Crippen LogP contribution in [0.4, 0.5) is 0 Å². The number of fused-ring (bicyclic) bond motifs is 7. The first kappa shape index (κ1) is 41.9. The molecule has 0 N–H and O–H groups in total. The third kappa shape index (κ3) is 8.03. The SMILES string of the molecule is C=Cc1c2[n-]c(c1C)/C=C1\[N-]/C(=C3\c4[n-]c(c(C)c4C(=O)[C@H]3C(=O)OC)/C=c3\[n-]/c(c(C)c3CC)=C\2)[C@@H](CCC(=O)OC/C=C(\C)CCCC(C)C)[C@@H]1C.[Mg+2]. The molecule has 10 heteroatoms. The van der Waals surface area contributed by atoms with Crippen LogP contribution in [0.2, 0.25) is 0 Å². The third-order valence-electron chi connectivity index (χ3n) is 11.4. The average Bonchev–Trinajstić information content (AvgIpc) is 3.87. The Balaban J connectivity index is 0.00000580. The minimum Gasteiger partial charge on any atom is -0.664 e. The number of hydrogen-bond acceptors (Lipinski definition) is 5. The second-order valence-electron chi connectivity index (χ2n) is 15.4. The van der Waals surface area contributed by atoms with Gasteiger partial charge in [0.2, 0.25) is 0 Å². The van der Waals surface area contributed by atoms with E-state index in [1.54, 1.807) is 0 Å². The molecule has 5 heterocycles. The summed E-state index contributed by atoms with van der Waals surface area (Å²) in [7, 11) is 1.29. The van der Waals surface area contributed by atoms with Crippen molar-refractivity contribution in [3.05, 3.63) is 102 Å². The molecule has 2 aliphatic heterocycles. The van der Waals surface area contributed by atoms with Crippen LogP contribution in [0.15, 0.2) is 29.6 Å². The standard InChI is InChI=1S/C45H53N4O5.Mg/c1-11-29-25(6)32-20-34-27(8)31(16-17-38(50)54-19-18-24(5)15-13-14-23(3)4)42(48-34)40-41(45(52)53-10)44(51)39-28(9)35(49-43(39)40)22-37-30(12-2)26(7)33(47-37)21-36(29)46-32;/h11,18,20-23,27,31,41H,1,12-17,19H2,2-10H3,(H-,48,49,51);/q-3;+2/p-1/b24-18+,33-21-,34-20-,37-22-;/t27-,31-,41-;/m0./s1. The van der Waals surface area contributed by atoms with Crippen LogP contribution in [0.25, 0.3) is 35.2 Å². The fourth-order valence-electron chi connectivity index (χ4n) is 8.16. The number of hydrogen-bond donors (Lipinski definition) is 0. The van der Waals surface area contributed by atoms with E-state index in [2.05, 4.69) is 48.1 Å². The van der Waals surface area contributed by atoms with Gasteiger partial charge in [-0.25, -0.2) is 0 Å². The van der Waals surface area contributed by atoms with Crippen molar-refractivity contribution in [3.8, 4) is 0 Å². The van der Waals surface area contributed by atoms with E-state index >= 15 is 0 Å². The van der Waals surface area contributed by atoms with Gasteiger partial charge in [0.15, 0.2) is 5.78 Å². The number of carbonyl (C=O) groups excluding carboxylic acids is 3. The zero-order chi connectivity index (χ0) is 39.0. The van der Waals surface area contributed by atoms with Crippen molar-refractivity contribution in [2.24, 2.45) is 23.7 Å². The van der Waals surface area contributed by atoms with Gasteiger partial charge in [0.05, 0.1) is 7.11 Å². The average molecular weight is 753 g/mol. The van der Waals surface area contributed by atoms with Crippen molar-refractivity contribution in [3.63, 3.8) is 0 Å². The first-order valence-corrected chi connectivity index (χ1v) is 19.2. The molecule has 1 aliphatic carbocycles. The van der Waals surface area contributed by atoms with Crippen molar-refractivity contribution in [1.82, 2.24) is 15.0 Å². The molecular weight excluding hydrogens is 701 g/mol. The largest absolute Gasteiger partial charge is 2.00 e. The summed E-state index contributed by atoms with van der Waals surface area (Å²) in [6.07, 6.45) is 14.3. The van der Waals surface area contributed by atoms with Gasteiger partial charge in [0.1, 0.15) is 12.5 Å². The predicted molar refractivity (Wildman–Crippen MR) is 218 cm³/mol. The minimum absolute atomic E-state index is 0. The summed E-state index contributed by atoms with van der Waals surface area (Å²) in [5.41, 5.74) is 10.6. The topological polar surface area (TPSA) is 126 Å². The number of rotatable bonds is 12. The Kier molecular flexibility index (Phi) is 13.1. The summed E-state index contributed by atoms with van der Waals surface area (Å²) in [6, 6.07) is 0. The van der Waals surface area contributed by atoms with Gasteiger partial charge in [-0.15, -0.1) is 33.5 Å². The number of esters is 2. The molecule has 0 radical (unpaired) electrons. The molecule has 6 rings (SSSR count). The Morgan fingerprint density at radius 3 is 2.35 bits per heavy atom. The molecular formula is C45H52MgN4O5-2. The molecule has 8 bridgehead atoms. The van der Waals surface area contributed by atoms with Gasteiger partial charge >= 0.3 is 35.0 Å². The Morgan fingerprint density at radius 2 is 1.67 bits per heavy atom. The summed E-state index contributed by atoms with van der Waals surface area (Å²) in [5.74, 6) is -2.38. The normalized spacial score (nSPS) is 22.2. The van der Waals surface area contributed by atoms with Crippen molar-refractivity contribution in [2.45, 2.75) is 93.9 Å². The summed E-state index contributed by atoms with van der Waals surface area (Å²) in [5, 5.41) is 6.79. The summed E-state index contributed by atoms with van der Waals surface area (Å²) in [4.78, 5) is 56.1. The fraction of sp³-hybridized carbons (Fsp3) is 0.444.